The minimum atomic E-state index is -4.69. The fourth-order valence-corrected chi connectivity index (χ4v) is 3.45. The molecule has 3 rings (SSSR count). The fraction of sp³-hybridized carbons (Fsp3) is 0.333. The molecule has 0 aliphatic heterocycles. The zero-order chi connectivity index (χ0) is 23.5. The number of carbonyl (C=O) groups is 1. The van der Waals surface area contributed by atoms with Crippen LogP contribution in [0.25, 0.3) is 11.0 Å². The van der Waals surface area contributed by atoms with Gasteiger partial charge in [0.05, 0.1) is 27.6 Å². The van der Waals surface area contributed by atoms with Crippen LogP contribution in [0.2, 0.25) is 0 Å². The van der Waals surface area contributed by atoms with Gasteiger partial charge in [-0.2, -0.15) is 13.2 Å². The number of aromatic nitrogens is 2. The molecule has 0 aliphatic rings. The third-order valence-electron chi connectivity index (χ3n) is 4.95. The third-order valence-corrected chi connectivity index (χ3v) is 4.95. The summed E-state index contributed by atoms with van der Waals surface area (Å²) in [5, 5.41) is 16.7. The lowest BCUT2D eigenvalue weighted by atomic mass is 10.1. The summed E-state index contributed by atoms with van der Waals surface area (Å²) in [4.78, 5) is 27.2. The Bertz CT molecular complexity index is 1140. The number of rotatable bonds is 8. The first kappa shape index (κ1) is 23.0. The van der Waals surface area contributed by atoms with E-state index in [1.54, 1.807) is 6.92 Å². The van der Waals surface area contributed by atoms with Crippen molar-refractivity contribution in [1.82, 2.24) is 14.9 Å². The highest BCUT2D eigenvalue weighted by Crippen LogP contribution is 2.34. The molecule has 170 valence electrons. The number of nitrogens with one attached hydrogen (secondary N) is 2. The van der Waals surface area contributed by atoms with Crippen molar-refractivity contribution in [2.45, 2.75) is 39.0 Å². The Morgan fingerprint density at radius 3 is 2.62 bits per heavy atom. The molecule has 0 fully saturated rings. The molecule has 2 aromatic carbocycles. The summed E-state index contributed by atoms with van der Waals surface area (Å²) >= 11 is 0. The molecule has 0 aliphatic carbocycles. The van der Waals surface area contributed by atoms with E-state index in [0.717, 1.165) is 23.2 Å². The van der Waals surface area contributed by atoms with E-state index in [-0.39, 0.29) is 30.6 Å². The van der Waals surface area contributed by atoms with Gasteiger partial charge in [-0.3, -0.25) is 14.9 Å². The normalized spacial score (nSPS) is 12.5. The summed E-state index contributed by atoms with van der Waals surface area (Å²) < 4.78 is 40.4. The number of hydrogen-bond donors (Lipinski definition) is 2. The van der Waals surface area contributed by atoms with Crippen molar-refractivity contribution in [3.8, 4) is 0 Å². The number of fused-ring (bicyclic) bond motifs is 1. The maximum absolute atomic E-state index is 12.8. The first-order chi connectivity index (χ1) is 15.1. The Labute approximate surface area is 181 Å². The Morgan fingerprint density at radius 1 is 1.25 bits per heavy atom. The maximum atomic E-state index is 12.8. The van der Waals surface area contributed by atoms with Crippen LogP contribution in [0.4, 0.5) is 24.5 Å². The molecule has 1 heterocycles. The third kappa shape index (κ3) is 4.98. The van der Waals surface area contributed by atoms with Gasteiger partial charge < -0.3 is 15.2 Å². The fourth-order valence-electron chi connectivity index (χ4n) is 3.45. The van der Waals surface area contributed by atoms with Gasteiger partial charge in [0.1, 0.15) is 11.5 Å². The van der Waals surface area contributed by atoms with Crippen molar-refractivity contribution in [3.63, 3.8) is 0 Å². The summed E-state index contributed by atoms with van der Waals surface area (Å²) in [5.74, 6) is 0.377. The zero-order valence-electron chi connectivity index (χ0n) is 17.4. The van der Waals surface area contributed by atoms with Crippen molar-refractivity contribution in [3.05, 3.63) is 64.0 Å². The monoisotopic (exact) mass is 449 g/mol. The van der Waals surface area contributed by atoms with Crippen molar-refractivity contribution in [1.29, 1.82) is 0 Å². The van der Waals surface area contributed by atoms with Gasteiger partial charge in [-0.15, -0.1) is 0 Å². The molecule has 1 unspecified atom stereocenters. The van der Waals surface area contributed by atoms with Crippen LogP contribution >= 0.6 is 0 Å². The Morgan fingerprint density at radius 2 is 1.97 bits per heavy atom. The smallest absolute Gasteiger partial charge is 0.379 e. The number of para-hydroxylation sites is 2. The SMILES string of the molecule is CCn1c(C(C)NC(=O)CCNc2ccc(C(F)(F)F)cc2[N+](=O)[O-])nc2ccccc21. The number of nitro benzene ring substituents is 1. The molecule has 1 aromatic heterocycles. The summed E-state index contributed by atoms with van der Waals surface area (Å²) in [6.45, 7) is 4.47. The van der Waals surface area contributed by atoms with Gasteiger partial charge in [-0.1, -0.05) is 12.1 Å². The van der Waals surface area contributed by atoms with Crippen LogP contribution in [-0.2, 0) is 17.5 Å². The molecule has 1 amide bonds. The van der Waals surface area contributed by atoms with E-state index in [0.29, 0.717) is 18.4 Å². The van der Waals surface area contributed by atoms with Gasteiger partial charge in [0.25, 0.3) is 5.69 Å². The number of carbonyl (C=O) groups excluding carboxylic acids is 1. The minimum absolute atomic E-state index is 0.00888. The van der Waals surface area contributed by atoms with E-state index < -0.39 is 22.4 Å². The zero-order valence-corrected chi connectivity index (χ0v) is 17.4. The van der Waals surface area contributed by atoms with Crippen molar-refractivity contribution >= 4 is 28.3 Å². The van der Waals surface area contributed by atoms with E-state index in [4.69, 9.17) is 0 Å². The number of nitrogens with zero attached hydrogens (tertiary/aromatic N) is 3. The van der Waals surface area contributed by atoms with Gasteiger partial charge in [0.15, 0.2) is 0 Å². The summed E-state index contributed by atoms with van der Waals surface area (Å²) in [5.41, 5.74) is -0.119. The molecule has 8 nitrogen and oxygen atoms in total. The lowest BCUT2D eigenvalue weighted by molar-refractivity contribution is -0.384. The molecule has 2 N–H and O–H groups in total. The maximum Gasteiger partial charge on any atom is 0.416 e. The Kier molecular flexibility index (Phi) is 6.66. The highest BCUT2D eigenvalue weighted by atomic mass is 19.4. The number of halogens is 3. The number of anilines is 1. The number of imidazole rings is 1. The van der Waals surface area contributed by atoms with Crippen LogP contribution in [0.5, 0.6) is 0 Å². The number of benzene rings is 2. The van der Waals surface area contributed by atoms with Crippen LogP contribution < -0.4 is 10.6 Å². The van der Waals surface area contributed by atoms with E-state index in [2.05, 4.69) is 15.6 Å². The van der Waals surface area contributed by atoms with Crippen molar-refractivity contribution in [2.24, 2.45) is 0 Å². The molecular formula is C21H22F3N5O3. The van der Waals surface area contributed by atoms with Gasteiger partial charge >= 0.3 is 6.18 Å². The van der Waals surface area contributed by atoms with E-state index in [1.807, 2.05) is 35.8 Å². The van der Waals surface area contributed by atoms with Crippen LogP contribution in [-0.4, -0.2) is 26.9 Å². The minimum Gasteiger partial charge on any atom is -0.379 e. The van der Waals surface area contributed by atoms with Gasteiger partial charge in [-0.05, 0) is 38.1 Å². The second kappa shape index (κ2) is 9.25. The highest BCUT2D eigenvalue weighted by Gasteiger charge is 2.33. The van der Waals surface area contributed by atoms with E-state index >= 15 is 0 Å². The summed E-state index contributed by atoms with van der Waals surface area (Å²) in [7, 11) is 0. The molecule has 11 heteroatoms. The number of alkyl halides is 3. The van der Waals surface area contributed by atoms with Crippen LogP contribution in [0.1, 0.15) is 37.7 Å². The number of amides is 1. The van der Waals surface area contributed by atoms with Gasteiger partial charge in [-0.25, -0.2) is 4.98 Å². The molecular weight excluding hydrogens is 427 g/mol. The molecule has 0 spiro atoms. The van der Waals surface area contributed by atoms with Crippen molar-refractivity contribution < 1.29 is 22.9 Å². The predicted molar refractivity (Wildman–Crippen MR) is 113 cm³/mol. The Hall–Kier alpha value is -3.63. The predicted octanol–water partition coefficient (Wildman–Crippen LogP) is 4.66. The summed E-state index contributed by atoms with van der Waals surface area (Å²) in [6.07, 6.45) is -4.72. The molecule has 0 saturated carbocycles. The van der Waals surface area contributed by atoms with E-state index in [9.17, 15) is 28.1 Å². The molecule has 32 heavy (non-hydrogen) atoms. The molecule has 0 bridgehead atoms. The average molecular weight is 449 g/mol. The molecule has 1 atom stereocenters. The molecule has 3 aromatic rings. The Balaban J connectivity index is 1.63. The largest absolute Gasteiger partial charge is 0.416 e. The quantitative estimate of drug-likeness (QED) is 0.385. The lowest BCUT2D eigenvalue weighted by Gasteiger charge is -2.16. The first-order valence-electron chi connectivity index (χ1n) is 9.95. The highest BCUT2D eigenvalue weighted by molar-refractivity contribution is 5.78. The number of hydrogen-bond acceptors (Lipinski definition) is 5. The van der Waals surface area contributed by atoms with Gasteiger partial charge in [0.2, 0.25) is 5.91 Å². The van der Waals surface area contributed by atoms with E-state index in [1.165, 1.54) is 0 Å². The first-order valence-corrected chi connectivity index (χ1v) is 9.95. The average Bonchev–Trinajstić information content (AvgIpc) is 3.11. The molecule has 0 radical (unpaired) electrons. The second-order valence-corrected chi connectivity index (χ2v) is 7.16. The van der Waals surface area contributed by atoms with Crippen LogP contribution in [0, 0.1) is 10.1 Å². The van der Waals surface area contributed by atoms with Crippen LogP contribution in [0.15, 0.2) is 42.5 Å². The van der Waals surface area contributed by atoms with Crippen LogP contribution in [0.3, 0.4) is 0 Å². The summed E-state index contributed by atoms with van der Waals surface area (Å²) in [6, 6.07) is 9.47. The standard InChI is InChI=1S/C21H22F3N5O3/c1-3-28-17-7-5-4-6-16(17)27-20(28)13(2)26-19(30)10-11-25-15-9-8-14(21(22,23)24)12-18(15)29(31)32/h4-9,12-13,25H,3,10-11H2,1-2H3,(H,26,30). The van der Waals surface area contributed by atoms with Gasteiger partial charge in [0, 0.05) is 25.6 Å². The van der Waals surface area contributed by atoms with Crippen molar-refractivity contribution in [2.75, 3.05) is 11.9 Å². The lowest BCUT2D eigenvalue weighted by Crippen LogP contribution is -2.30. The molecule has 0 saturated heterocycles. The second-order valence-electron chi connectivity index (χ2n) is 7.16. The number of nitro groups is 1. The number of aryl methyl sites for hydroxylation is 1. The topological polar surface area (TPSA) is 102 Å².